The van der Waals surface area contributed by atoms with E-state index in [0.717, 1.165) is 61.8 Å². The Labute approximate surface area is 228 Å². The number of nitrogens with one attached hydrogen (secondary N) is 1. The molecule has 1 fully saturated rings. The number of piperazine rings is 1. The molecule has 2 heterocycles. The summed E-state index contributed by atoms with van der Waals surface area (Å²) < 4.78 is 5.15. The predicted molar refractivity (Wildman–Crippen MR) is 153 cm³/mol. The van der Waals surface area contributed by atoms with Gasteiger partial charge < -0.3 is 20.1 Å². The van der Waals surface area contributed by atoms with Crippen LogP contribution in [0.1, 0.15) is 28.5 Å². The lowest BCUT2D eigenvalue weighted by molar-refractivity contribution is 0.102. The third kappa shape index (κ3) is 6.35. The number of methoxy groups -OCH3 is 1. The van der Waals surface area contributed by atoms with Gasteiger partial charge in [-0.2, -0.15) is 0 Å². The molecule has 200 valence electrons. The fourth-order valence-electron chi connectivity index (χ4n) is 4.83. The van der Waals surface area contributed by atoms with Gasteiger partial charge in [0.2, 0.25) is 0 Å². The standard InChI is InChI=1S/C31H33N5O3/c1-3-22-19-24(23-5-4-6-27(37)20-23)7-8-25(22)21-35-15-17-36(18-16-35)30-14-13-29(33-34-30)31(38)32-26-9-11-28(39-2)12-10-26/h4-14,19-20,37H,3,15-18,21H2,1-2H3,(H,32,38). The van der Waals surface area contributed by atoms with Crippen LogP contribution in [0.3, 0.4) is 0 Å². The highest BCUT2D eigenvalue weighted by Crippen LogP contribution is 2.27. The molecule has 8 nitrogen and oxygen atoms in total. The minimum atomic E-state index is -0.300. The number of aromatic nitrogens is 2. The number of rotatable bonds is 8. The van der Waals surface area contributed by atoms with Crippen LogP contribution >= 0.6 is 0 Å². The first-order valence-corrected chi connectivity index (χ1v) is 13.2. The quantitative estimate of drug-likeness (QED) is 0.336. The number of hydrogen-bond acceptors (Lipinski definition) is 7. The molecule has 2 N–H and O–H groups in total. The summed E-state index contributed by atoms with van der Waals surface area (Å²) >= 11 is 0. The SMILES string of the molecule is CCc1cc(-c2cccc(O)c2)ccc1CN1CCN(c2ccc(C(=O)Nc3ccc(OC)cc3)nn2)CC1. The van der Waals surface area contributed by atoms with E-state index in [-0.39, 0.29) is 17.4 Å². The molecule has 0 spiro atoms. The van der Waals surface area contributed by atoms with E-state index in [2.05, 4.69) is 50.4 Å². The van der Waals surface area contributed by atoms with Crippen LogP contribution in [0.2, 0.25) is 0 Å². The first-order valence-electron chi connectivity index (χ1n) is 13.2. The summed E-state index contributed by atoms with van der Waals surface area (Å²) in [5, 5.41) is 21.2. The van der Waals surface area contributed by atoms with Crippen LogP contribution in [0.4, 0.5) is 11.5 Å². The number of aromatic hydroxyl groups is 1. The summed E-state index contributed by atoms with van der Waals surface area (Å²) in [4.78, 5) is 17.2. The number of carbonyl (C=O) groups is 1. The van der Waals surface area contributed by atoms with Crippen LogP contribution < -0.4 is 15.0 Å². The topological polar surface area (TPSA) is 90.8 Å². The Bertz CT molecular complexity index is 1420. The largest absolute Gasteiger partial charge is 0.508 e. The maximum Gasteiger partial charge on any atom is 0.276 e. The molecular weight excluding hydrogens is 490 g/mol. The van der Waals surface area contributed by atoms with Crippen molar-refractivity contribution in [3.63, 3.8) is 0 Å². The van der Waals surface area contributed by atoms with Gasteiger partial charge in [-0.25, -0.2) is 0 Å². The van der Waals surface area contributed by atoms with E-state index in [1.165, 1.54) is 11.1 Å². The molecule has 4 aromatic rings. The van der Waals surface area contributed by atoms with Crippen molar-refractivity contribution in [2.24, 2.45) is 0 Å². The van der Waals surface area contributed by atoms with Crippen molar-refractivity contribution in [2.45, 2.75) is 19.9 Å². The molecule has 1 aliphatic rings. The number of aryl methyl sites for hydroxylation is 1. The Hall–Kier alpha value is -4.43. The Morgan fingerprint density at radius 2 is 1.67 bits per heavy atom. The summed E-state index contributed by atoms with van der Waals surface area (Å²) in [6.07, 6.45) is 0.954. The van der Waals surface area contributed by atoms with Gasteiger partial charge in [-0.3, -0.25) is 9.69 Å². The number of carbonyl (C=O) groups excluding carboxylic acids is 1. The molecule has 1 aromatic heterocycles. The fraction of sp³-hybridized carbons (Fsp3) is 0.258. The van der Waals surface area contributed by atoms with E-state index < -0.39 is 0 Å². The minimum Gasteiger partial charge on any atom is -0.508 e. The zero-order valence-corrected chi connectivity index (χ0v) is 22.3. The third-order valence-corrected chi connectivity index (χ3v) is 7.09. The lowest BCUT2D eigenvalue weighted by Gasteiger charge is -2.35. The second-order valence-corrected chi connectivity index (χ2v) is 9.61. The monoisotopic (exact) mass is 523 g/mol. The first-order chi connectivity index (χ1) is 19.0. The molecule has 1 saturated heterocycles. The highest BCUT2D eigenvalue weighted by Gasteiger charge is 2.20. The van der Waals surface area contributed by atoms with E-state index in [9.17, 15) is 9.90 Å². The second-order valence-electron chi connectivity index (χ2n) is 9.61. The summed E-state index contributed by atoms with van der Waals surface area (Å²) in [5.41, 5.74) is 5.75. The van der Waals surface area contributed by atoms with Crippen LogP contribution in [0.25, 0.3) is 11.1 Å². The van der Waals surface area contributed by atoms with Crippen molar-refractivity contribution in [1.29, 1.82) is 0 Å². The van der Waals surface area contributed by atoms with Crippen molar-refractivity contribution < 1.29 is 14.6 Å². The van der Waals surface area contributed by atoms with Crippen molar-refractivity contribution in [3.8, 4) is 22.6 Å². The van der Waals surface area contributed by atoms with Gasteiger partial charge >= 0.3 is 0 Å². The zero-order chi connectivity index (χ0) is 27.2. The molecule has 3 aromatic carbocycles. The predicted octanol–water partition coefficient (Wildman–Crippen LogP) is 4.99. The van der Waals surface area contributed by atoms with E-state index in [1.807, 2.05) is 18.2 Å². The molecule has 0 unspecified atom stereocenters. The molecule has 1 aliphatic heterocycles. The molecule has 39 heavy (non-hydrogen) atoms. The molecule has 0 saturated carbocycles. The van der Waals surface area contributed by atoms with Gasteiger partial charge in [0.05, 0.1) is 7.11 Å². The lowest BCUT2D eigenvalue weighted by Crippen LogP contribution is -2.46. The number of benzene rings is 3. The van der Waals surface area contributed by atoms with Gasteiger partial charge in [0.1, 0.15) is 11.5 Å². The molecular formula is C31H33N5O3. The molecule has 0 radical (unpaired) electrons. The van der Waals surface area contributed by atoms with Crippen molar-refractivity contribution in [1.82, 2.24) is 15.1 Å². The van der Waals surface area contributed by atoms with Crippen LogP contribution in [-0.4, -0.2) is 59.4 Å². The molecule has 1 amide bonds. The molecule has 5 rings (SSSR count). The Morgan fingerprint density at radius 3 is 2.33 bits per heavy atom. The van der Waals surface area contributed by atoms with Gasteiger partial charge in [-0.05, 0) is 77.2 Å². The Kier molecular flexibility index (Phi) is 8.03. The van der Waals surface area contributed by atoms with Gasteiger partial charge in [-0.1, -0.05) is 37.3 Å². The maximum absolute atomic E-state index is 12.6. The number of phenols is 1. The maximum atomic E-state index is 12.6. The zero-order valence-electron chi connectivity index (χ0n) is 22.3. The van der Waals surface area contributed by atoms with Crippen molar-refractivity contribution in [3.05, 3.63) is 95.7 Å². The van der Waals surface area contributed by atoms with Gasteiger partial charge in [0.15, 0.2) is 11.5 Å². The lowest BCUT2D eigenvalue weighted by atomic mass is 9.97. The van der Waals surface area contributed by atoms with Gasteiger partial charge in [-0.15, -0.1) is 10.2 Å². The Balaban J connectivity index is 1.16. The van der Waals surface area contributed by atoms with Crippen LogP contribution in [0.15, 0.2) is 78.9 Å². The minimum absolute atomic E-state index is 0.273. The summed E-state index contributed by atoms with van der Waals surface area (Å²) in [6, 6.07) is 24.7. The van der Waals surface area contributed by atoms with Crippen molar-refractivity contribution >= 4 is 17.4 Å². The average molecular weight is 524 g/mol. The molecule has 0 atom stereocenters. The molecule has 0 aliphatic carbocycles. The van der Waals surface area contributed by atoms with E-state index in [1.54, 1.807) is 49.6 Å². The van der Waals surface area contributed by atoms with Crippen LogP contribution in [-0.2, 0) is 13.0 Å². The number of hydrogen-bond donors (Lipinski definition) is 2. The molecule has 0 bridgehead atoms. The summed E-state index contributed by atoms with van der Waals surface area (Å²) in [7, 11) is 1.60. The van der Waals surface area contributed by atoms with Gasteiger partial charge in [0, 0.05) is 38.4 Å². The van der Waals surface area contributed by atoms with Crippen LogP contribution in [0, 0.1) is 0 Å². The smallest absolute Gasteiger partial charge is 0.276 e. The highest BCUT2D eigenvalue weighted by molar-refractivity contribution is 6.02. The first kappa shape index (κ1) is 26.2. The second kappa shape index (κ2) is 12.0. The van der Waals surface area contributed by atoms with Crippen LogP contribution in [0.5, 0.6) is 11.5 Å². The normalized spacial score (nSPS) is 13.7. The average Bonchev–Trinajstić information content (AvgIpc) is 2.98. The number of amides is 1. The molecule has 8 heteroatoms. The van der Waals surface area contributed by atoms with E-state index in [0.29, 0.717) is 5.69 Å². The number of ether oxygens (including phenoxy) is 1. The highest BCUT2D eigenvalue weighted by atomic mass is 16.5. The van der Waals surface area contributed by atoms with E-state index in [4.69, 9.17) is 4.74 Å². The summed E-state index contributed by atoms with van der Waals surface area (Å²) in [5.74, 6) is 1.49. The number of phenolic OH excluding ortho intramolecular Hbond substituents is 1. The number of anilines is 2. The van der Waals surface area contributed by atoms with Gasteiger partial charge in [0.25, 0.3) is 5.91 Å². The fourth-order valence-corrected chi connectivity index (χ4v) is 4.83. The number of nitrogens with zero attached hydrogens (tertiary/aromatic N) is 4. The van der Waals surface area contributed by atoms with Crippen molar-refractivity contribution in [2.75, 3.05) is 43.5 Å². The Morgan fingerprint density at radius 1 is 0.897 bits per heavy atom. The third-order valence-electron chi connectivity index (χ3n) is 7.09. The summed E-state index contributed by atoms with van der Waals surface area (Å²) in [6.45, 7) is 6.59. The van der Waals surface area contributed by atoms with E-state index >= 15 is 0 Å².